The van der Waals surface area contributed by atoms with Crippen molar-refractivity contribution in [2.45, 2.75) is 58.6 Å². The second-order valence-electron chi connectivity index (χ2n) is 11.0. The number of halogens is 1. The molecule has 1 aromatic heterocycles. The van der Waals surface area contributed by atoms with Crippen LogP contribution in [0.3, 0.4) is 0 Å². The molecule has 5 rings (SSSR count). The second kappa shape index (κ2) is 14.4. The Labute approximate surface area is 263 Å². The van der Waals surface area contributed by atoms with E-state index in [1.54, 1.807) is 27.0 Å². The minimum atomic E-state index is -0.331. The van der Waals surface area contributed by atoms with Crippen LogP contribution < -0.4 is 10.1 Å². The lowest BCUT2D eigenvalue weighted by Crippen LogP contribution is -2.18. The van der Waals surface area contributed by atoms with Crippen molar-refractivity contribution >= 4 is 29.6 Å². The maximum Gasteiger partial charge on any atom is 0.333 e. The number of nitrogens with one attached hydrogen (secondary N) is 1. The fourth-order valence-corrected chi connectivity index (χ4v) is 5.75. The lowest BCUT2D eigenvalue weighted by Gasteiger charge is -2.24. The first-order valence-corrected chi connectivity index (χ1v) is 15.5. The van der Waals surface area contributed by atoms with Gasteiger partial charge in [0.25, 0.3) is 5.91 Å². The maximum atomic E-state index is 12.4. The summed E-state index contributed by atoms with van der Waals surface area (Å²) in [5.41, 5.74) is 6.71. The van der Waals surface area contributed by atoms with Gasteiger partial charge in [0.05, 0.1) is 24.0 Å². The Balaban J connectivity index is 1.40. The van der Waals surface area contributed by atoms with Gasteiger partial charge in [0.15, 0.2) is 0 Å². The number of benzene rings is 3. The van der Waals surface area contributed by atoms with E-state index in [-0.39, 0.29) is 18.5 Å². The highest BCUT2D eigenvalue weighted by Gasteiger charge is 2.21. The van der Waals surface area contributed by atoms with E-state index < -0.39 is 0 Å². The normalized spacial score (nSPS) is 13.9. The summed E-state index contributed by atoms with van der Waals surface area (Å²) in [4.78, 5) is 24.6. The molecule has 1 N–H and O–H groups in total. The van der Waals surface area contributed by atoms with Crippen molar-refractivity contribution in [3.63, 3.8) is 0 Å². The molecule has 0 radical (unpaired) electrons. The van der Waals surface area contributed by atoms with E-state index in [1.807, 2.05) is 72.8 Å². The average molecular weight is 612 g/mol. The molecular formula is C36H38ClN3O4. The predicted molar refractivity (Wildman–Crippen MR) is 175 cm³/mol. The van der Waals surface area contributed by atoms with E-state index in [0.717, 1.165) is 46.5 Å². The van der Waals surface area contributed by atoms with Gasteiger partial charge in [0, 0.05) is 28.8 Å². The summed E-state index contributed by atoms with van der Waals surface area (Å²) in [6, 6.07) is 23.6. The molecule has 1 amide bonds. The van der Waals surface area contributed by atoms with Crippen LogP contribution in [0.25, 0.3) is 28.5 Å². The number of carbonyl (C=O) groups excluding carboxylic acids is 2. The molecule has 44 heavy (non-hydrogen) atoms. The van der Waals surface area contributed by atoms with Crippen LogP contribution in [0.1, 0.15) is 73.6 Å². The smallest absolute Gasteiger partial charge is 0.333 e. The van der Waals surface area contributed by atoms with Crippen LogP contribution in [0, 0.1) is 0 Å². The van der Waals surface area contributed by atoms with Crippen molar-refractivity contribution in [3.05, 3.63) is 100 Å². The van der Waals surface area contributed by atoms with Gasteiger partial charge in [0.2, 0.25) is 0 Å². The Morgan fingerprint density at radius 1 is 0.977 bits per heavy atom. The van der Waals surface area contributed by atoms with Crippen LogP contribution in [0.4, 0.5) is 0 Å². The molecule has 4 aromatic rings. The largest absolute Gasteiger partial charge is 0.489 e. The average Bonchev–Trinajstić information content (AvgIpc) is 3.48. The number of carbonyl (C=O) groups is 2. The van der Waals surface area contributed by atoms with E-state index in [4.69, 9.17) is 26.2 Å². The second-order valence-corrected chi connectivity index (χ2v) is 11.4. The fourth-order valence-electron chi connectivity index (χ4n) is 5.62. The first kappa shape index (κ1) is 31.1. The van der Waals surface area contributed by atoms with Crippen LogP contribution in [0.5, 0.6) is 5.75 Å². The van der Waals surface area contributed by atoms with Crippen LogP contribution in [-0.2, 0) is 16.1 Å². The molecule has 1 saturated carbocycles. The Morgan fingerprint density at radius 3 is 2.36 bits per heavy atom. The first-order chi connectivity index (χ1) is 21.4. The van der Waals surface area contributed by atoms with Crippen LogP contribution >= 0.6 is 11.6 Å². The highest BCUT2D eigenvalue weighted by molar-refractivity contribution is 6.30. The molecule has 1 fully saturated rings. The quantitative estimate of drug-likeness (QED) is 0.144. The number of nitrogens with zero attached hydrogens (tertiary/aromatic N) is 2. The van der Waals surface area contributed by atoms with E-state index in [0.29, 0.717) is 34.6 Å². The monoisotopic (exact) mass is 611 g/mol. The number of rotatable bonds is 10. The summed E-state index contributed by atoms with van der Waals surface area (Å²) in [6.07, 6.45) is 7.58. The lowest BCUT2D eigenvalue weighted by atomic mass is 9.95. The highest BCUT2D eigenvalue weighted by atomic mass is 35.5. The van der Waals surface area contributed by atoms with Gasteiger partial charge in [0.1, 0.15) is 12.4 Å². The van der Waals surface area contributed by atoms with Crippen molar-refractivity contribution in [1.29, 1.82) is 0 Å². The molecule has 1 aliphatic carbocycles. The van der Waals surface area contributed by atoms with Gasteiger partial charge in [-0.3, -0.25) is 9.48 Å². The third-order valence-corrected chi connectivity index (χ3v) is 8.18. The number of esters is 1. The van der Waals surface area contributed by atoms with Crippen LogP contribution in [-0.4, -0.2) is 35.3 Å². The molecule has 0 atom stereocenters. The number of aromatic nitrogens is 2. The molecule has 3 aromatic carbocycles. The number of amides is 1. The summed E-state index contributed by atoms with van der Waals surface area (Å²) in [5, 5.41) is 8.28. The third kappa shape index (κ3) is 7.40. The summed E-state index contributed by atoms with van der Waals surface area (Å²) in [7, 11) is 1.62. The van der Waals surface area contributed by atoms with Gasteiger partial charge in [-0.1, -0.05) is 49.1 Å². The molecule has 0 unspecified atom stereocenters. The molecule has 0 bridgehead atoms. The molecule has 0 spiro atoms. The lowest BCUT2D eigenvalue weighted by molar-refractivity contribution is -0.138. The SMILES string of the molecule is CCOC(=O)/C(C)=C/c1cc(-c2ccc(OCc3cc(C(=O)NC)ccc3-c3ccc(Cl)cc3)cc2)n(C2CCCCC2)n1. The summed E-state index contributed by atoms with van der Waals surface area (Å²) in [5.74, 6) is 0.227. The minimum absolute atomic E-state index is 0.153. The zero-order valence-electron chi connectivity index (χ0n) is 25.4. The number of hydrogen-bond donors (Lipinski definition) is 1. The summed E-state index contributed by atoms with van der Waals surface area (Å²) in [6.45, 7) is 4.17. The number of hydrogen-bond acceptors (Lipinski definition) is 5. The van der Waals surface area contributed by atoms with Crippen LogP contribution in [0.15, 0.2) is 78.4 Å². The zero-order chi connectivity index (χ0) is 31.1. The van der Waals surface area contributed by atoms with Gasteiger partial charge in [-0.05, 0) is 104 Å². The van der Waals surface area contributed by atoms with Gasteiger partial charge in [-0.2, -0.15) is 5.10 Å². The van der Waals surface area contributed by atoms with Crippen molar-refractivity contribution in [2.24, 2.45) is 0 Å². The van der Waals surface area contributed by atoms with Crippen molar-refractivity contribution in [3.8, 4) is 28.1 Å². The Morgan fingerprint density at radius 2 is 1.68 bits per heavy atom. The topological polar surface area (TPSA) is 82.5 Å². The predicted octanol–water partition coefficient (Wildman–Crippen LogP) is 8.28. The Kier molecular flexibility index (Phi) is 10.2. The standard InChI is InChI=1S/C36H38ClN3O4/c1-4-43-36(42)24(2)20-30-22-34(40(39-30)31-8-6-5-7-9-31)26-12-17-32(18-13-26)44-23-28-21-27(35(41)38-3)14-19-33(28)25-10-15-29(37)16-11-25/h10-22,31H,4-9,23H2,1-3H3,(H,38,41)/b24-20+. The van der Waals surface area contributed by atoms with Gasteiger partial charge in [-0.25, -0.2) is 4.79 Å². The number of ether oxygens (including phenoxy) is 2. The molecule has 1 aliphatic rings. The van der Waals surface area contributed by atoms with Gasteiger partial charge in [-0.15, -0.1) is 0 Å². The fraction of sp³-hybridized carbons (Fsp3) is 0.306. The van der Waals surface area contributed by atoms with E-state index >= 15 is 0 Å². The van der Waals surface area contributed by atoms with E-state index in [9.17, 15) is 9.59 Å². The molecule has 228 valence electrons. The third-order valence-electron chi connectivity index (χ3n) is 7.93. The molecule has 8 heteroatoms. The van der Waals surface area contributed by atoms with Crippen molar-refractivity contribution < 1.29 is 19.1 Å². The molecule has 0 aliphatic heterocycles. The zero-order valence-corrected chi connectivity index (χ0v) is 26.2. The highest BCUT2D eigenvalue weighted by Crippen LogP contribution is 2.34. The van der Waals surface area contributed by atoms with E-state index in [2.05, 4.69) is 10.00 Å². The van der Waals surface area contributed by atoms with E-state index in [1.165, 1.54) is 19.3 Å². The Bertz CT molecular complexity index is 1640. The molecule has 7 nitrogen and oxygen atoms in total. The minimum Gasteiger partial charge on any atom is -0.489 e. The molecule has 1 heterocycles. The van der Waals surface area contributed by atoms with Gasteiger partial charge < -0.3 is 14.8 Å². The maximum absolute atomic E-state index is 12.4. The first-order valence-electron chi connectivity index (χ1n) is 15.2. The van der Waals surface area contributed by atoms with Crippen LogP contribution in [0.2, 0.25) is 5.02 Å². The summed E-state index contributed by atoms with van der Waals surface area (Å²) >= 11 is 6.12. The van der Waals surface area contributed by atoms with Crippen molar-refractivity contribution in [2.75, 3.05) is 13.7 Å². The Hall–Kier alpha value is -4.36. The van der Waals surface area contributed by atoms with Gasteiger partial charge >= 0.3 is 5.97 Å². The molecule has 0 saturated heterocycles. The molecular weight excluding hydrogens is 574 g/mol. The van der Waals surface area contributed by atoms with Crippen molar-refractivity contribution in [1.82, 2.24) is 15.1 Å². The summed E-state index contributed by atoms with van der Waals surface area (Å²) < 4.78 is 13.5.